The molecule has 4 nitrogen and oxygen atoms in total. The minimum atomic E-state index is -0.403. The Hall–Kier alpha value is -0.910. The van der Waals surface area contributed by atoms with Crippen LogP contribution in [-0.2, 0) is 16.0 Å². The van der Waals surface area contributed by atoms with Gasteiger partial charge in [-0.1, -0.05) is 6.92 Å². The van der Waals surface area contributed by atoms with Gasteiger partial charge in [-0.2, -0.15) is 0 Å². The maximum Gasteiger partial charge on any atom is 0.240 e. The summed E-state index contributed by atoms with van der Waals surface area (Å²) < 4.78 is 5.02. The van der Waals surface area contributed by atoms with Crippen LogP contribution in [0.1, 0.15) is 42.7 Å². The largest absolute Gasteiger partial charge is 0.385 e. The van der Waals surface area contributed by atoms with Crippen molar-refractivity contribution in [2.75, 3.05) is 20.3 Å². The first-order chi connectivity index (χ1) is 9.69. The Bertz CT molecular complexity index is 447. The van der Waals surface area contributed by atoms with Crippen LogP contribution in [0.5, 0.6) is 0 Å². The molecule has 2 rings (SSSR count). The molecule has 112 valence electrons. The van der Waals surface area contributed by atoms with Gasteiger partial charge in [0.25, 0.3) is 0 Å². The predicted molar refractivity (Wildman–Crippen MR) is 81.9 cm³/mol. The van der Waals surface area contributed by atoms with E-state index in [1.165, 1.54) is 10.4 Å². The summed E-state index contributed by atoms with van der Waals surface area (Å²) in [7, 11) is 1.67. The summed E-state index contributed by atoms with van der Waals surface area (Å²) in [5.41, 5.74) is 7.38. The molecule has 0 spiro atoms. The van der Waals surface area contributed by atoms with Gasteiger partial charge in [0.2, 0.25) is 5.91 Å². The zero-order chi connectivity index (χ0) is 14.5. The Balaban J connectivity index is 2.03. The van der Waals surface area contributed by atoms with Crippen LogP contribution in [0.2, 0.25) is 0 Å². The monoisotopic (exact) mass is 296 g/mol. The zero-order valence-electron chi connectivity index (χ0n) is 12.3. The molecule has 1 aromatic heterocycles. The van der Waals surface area contributed by atoms with Crippen LogP contribution in [0.4, 0.5) is 0 Å². The number of hydrogen-bond acceptors (Lipinski definition) is 4. The highest BCUT2D eigenvalue weighted by Gasteiger charge is 2.32. The van der Waals surface area contributed by atoms with Gasteiger partial charge >= 0.3 is 0 Å². The second kappa shape index (κ2) is 7.20. The lowest BCUT2D eigenvalue weighted by Gasteiger charge is -2.37. The van der Waals surface area contributed by atoms with E-state index in [4.69, 9.17) is 10.5 Å². The van der Waals surface area contributed by atoms with Crippen molar-refractivity contribution >= 4 is 17.2 Å². The lowest BCUT2D eigenvalue weighted by Crippen LogP contribution is -2.47. The number of carbonyl (C=O) groups is 1. The maximum atomic E-state index is 12.6. The smallest absolute Gasteiger partial charge is 0.240 e. The quantitative estimate of drug-likeness (QED) is 0.820. The lowest BCUT2D eigenvalue weighted by molar-refractivity contribution is -0.135. The summed E-state index contributed by atoms with van der Waals surface area (Å²) >= 11 is 1.80. The number of amides is 1. The Morgan fingerprint density at radius 3 is 3.15 bits per heavy atom. The third-order valence-electron chi connectivity index (χ3n) is 3.95. The van der Waals surface area contributed by atoms with E-state index in [9.17, 15) is 4.79 Å². The molecule has 0 fully saturated rings. The summed E-state index contributed by atoms with van der Waals surface area (Å²) in [6.45, 7) is 3.59. The fourth-order valence-corrected chi connectivity index (χ4v) is 3.81. The Kier molecular flexibility index (Phi) is 5.57. The Morgan fingerprint density at radius 1 is 1.65 bits per heavy atom. The van der Waals surface area contributed by atoms with Gasteiger partial charge in [-0.25, -0.2) is 0 Å². The van der Waals surface area contributed by atoms with Gasteiger partial charge in [-0.3, -0.25) is 4.79 Å². The van der Waals surface area contributed by atoms with Crippen molar-refractivity contribution in [2.24, 2.45) is 5.73 Å². The number of hydrogen-bond donors (Lipinski definition) is 1. The lowest BCUT2D eigenvalue weighted by atomic mass is 9.96. The number of rotatable bonds is 6. The first-order valence-electron chi connectivity index (χ1n) is 7.30. The van der Waals surface area contributed by atoms with Crippen LogP contribution in [0.15, 0.2) is 11.4 Å². The standard InChI is InChI=1S/C15H24N2O2S/c1-3-13-11-7-10-20-14(11)6-8-17(13)15(18)12(16)5-4-9-19-2/h7,10,12-13H,3-6,8-9,16H2,1-2H3. The first-order valence-corrected chi connectivity index (χ1v) is 8.18. The third kappa shape index (κ3) is 3.22. The molecular weight excluding hydrogens is 272 g/mol. The van der Waals surface area contributed by atoms with Gasteiger partial charge in [-0.15, -0.1) is 11.3 Å². The average molecular weight is 296 g/mol. The normalized spacial score (nSPS) is 19.8. The summed E-state index contributed by atoms with van der Waals surface area (Å²) in [5, 5.41) is 2.12. The molecule has 0 saturated carbocycles. The molecule has 0 bridgehead atoms. The number of methoxy groups -OCH3 is 1. The molecule has 5 heteroatoms. The molecule has 2 N–H and O–H groups in total. The topological polar surface area (TPSA) is 55.6 Å². The first kappa shape index (κ1) is 15.5. The van der Waals surface area contributed by atoms with Crippen LogP contribution >= 0.6 is 11.3 Å². The molecule has 0 aliphatic carbocycles. The highest BCUT2D eigenvalue weighted by molar-refractivity contribution is 7.10. The number of nitrogens with zero attached hydrogens (tertiary/aromatic N) is 1. The summed E-state index contributed by atoms with van der Waals surface area (Å²) in [5.74, 6) is 0.0878. The minimum Gasteiger partial charge on any atom is -0.385 e. The van der Waals surface area contributed by atoms with Gasteiger partial charge in [0.1, 0.15) is 0 Å². The summed E-state index contributed by atoms with van der Waals surface area (Å²) in [4.78, 5) is 16.0. The number of thiophene rings is 1. The molecule has 0 aromatic carbocycles. The highest BCUT2D eigenvalue weighted by atomic mass is 32.1. The van der Waals surface area contributed by atoms with E-state index in [0.717, 1.165) is 25.8 Å². The van der Waals surface area contributed by atoms with Crippen molar-refractivity contribution in [2.45, 2.75) is 44.7 Å². The van der Waals surface area contributed by atoms with E-state index in [1.54, 1.807) is 18.4 Å². The zero-order valence-corrected chi connectivity index (χ0v) is 13.1. The molecule has 2 unspecified atom stereocenters. The fourth-order valence-electron chi connectivity index (χ4n) is 2.88. The van der Waals surface area contributed by atoms with Crippen molar-refractivity contribution in [1.29, 1.82) is 0 Å². The van der Waals surface area contributed by atoms with Crippen LogP contribution in [-0.4, -0.2) is 37.1 Å². The Morgan fingerprint density at radius 2 is 2.45 bits per heavy atom. The number of fused-ring (bicyclic) bond motifs is 1. The molecule has 0 radical (unpaired) electrons. The van der Waals surface area contributed by atoms with Crippen molar-refractivity contribution in [3.63, 3.8) is 0 Å². The number of nitrogens with two attached hydrogens (primary N) is 1. The van der Waals surface area contributed by atoms with Crippen molar-refractivity contribution in [1.82, 2.24) is 4.90 Å². The molecular formula is C15H24N2O2S. The second-order valence-electron chi connectivity index (χ2n) is 5.25. The van der Waals surface area contributed by atoms with E-state index in [2.05, 4.69) is 18.4 Å². The van der Waals surface area contributed by atoms with Gasteiger partial charge in [0.05, 0.1) is 12.1 Å². The Labute approximate surface area is 124 Å². The van der Waals surface area contributed by atoms with Gasteiger partial charge in [0, 0.05) is 25.1 Å². The van der Waals surface area contributed by atoms with Gasteiger partial charge in [-0.05, 0) is 42.7 Å². The number of carbonyl (C=O) groups excluding carboxylic acids is 1. The van der Waals surface area contributed by atoms with E-state index in [0.29, 0.717) is 13.0 Å². The van der Waals surface area contributed by atoms with Crippen molar-refractivity contribution in [3.05, 3.63) is 21.9 Å². The number of ether oxygens (including phenoxy) is 1. The molecule has 1 amide bonds. The molecule has 20 heavy (non-hydrogen) atoms. The van der Waals surface area contributed by atoms with Crippen LogP contribution < -0.4 is 5.73 Å². The van der Waals surface area contributed by atoms with E-state index in [1.807, 2.05) is 4.90 Å². The van der Waals surface area contributed by atoms with E-state index in [-0.39, 0.29) is 11.9 Å². The third-order valence-corrected chi connectivity index (χ3v) is 4.94. The van der Waals surface area contributed by atoms with Crippen LogP contribution in [0.25, 0.3) is 0 Å². The highest BCUT2D eigenvalue weighted by Crippen LogP contribution is 2.35. The van der Waals surface area contributed by atoms with Crippen LogP contribution in [0.3, 0.4) is 0 Å². The molecule has 1 aliphatic heterocycles. The molecule has 1 aromatic rings. The predicted octanol–water partition coefficient (Wildman–Crippen LogP) is 2.34. The van der Waals surface area contributed by atoms with Gasteiger partial charge in [0.15, 0.2) is 0 Å². The minimum absolute atomic E-state index is 0.0878. The maximum absolute atomic E-state index is 12.6. The average Bonchev–Trinajstić information content (AvgIpc) is 2.93. The van der Waals surface area contributed by atoms with E-state index >= 15 is 0 Å². The fraction of sp³-hybridized carbons (Fsp3) is 0.667. The van der Waals surface area contributed by atoms with E-state index < -0.39 is 6.04 Å². The molecule has 2 heterocycles. The second-order valence-corrected chi connectivity index (χ2v) is 6.25. The van der Waals surface area contributed by atoms with Crippen molar-refractivity contribution in [3.8, 4) is 0 Å². The summed E-state index contributed by atoms with van der Waals surface area (Å²) in [6.07, 6.45) is 3.42. The molecule has 0 saturated heterocycles. The molecule has 2 atom stereocenters. The van der Waals surface area contributed by atoms with Crippen LogP contribution in [0, 0.1) is 0 Å². The summed E-state index contributed by atoms with van der Waals surface area (Å²) in [6, 6.07) is 1.95. The SMILES string of the molecule is CCC1c2ccsc2CCN1C(=O)C(N)CCCOC. The molecule has 1 aliphatic rings. The van der Waals surface area contributed by atoms with Crippen molar-refractivity contribution < 1.29 is 9.53 Å². The van der Waals surface area contributed by atoms with Gasteiger partial charge < -0.3 is 15.4 Å².